The standard InChI is InChI=1S/C16H13BrO4/c1-20-12-8-6-11(7-9-12)16(19)21-15-5-3-2-4-13(15)14(18)10-17/h2-9H,10H2,1H3. The van der Waals surface area contributed by atoms with Crippen molar-refractivity contribution in [1.29, 1.82) is 0 Å². The van der Waals surface area contributed by atoms with E-state index in [-0.39, 0.29) is 16.9 Å². The average molecular weight is 349 g/mol. The van der Waals surface area contributed by atoms with Crippen molar-refractivity contribution in [3.8, 4) is 11.5 Å². The van der Waals surface area contributed by atoms with Crippen LogP contribution >= 0.6 is 15.9 Å². The smallest absolute Gasteiger partial charge is 0.343 e. The van der Waals surface area contributed by atoms with Crippen molar-refractivity contribution in [3.63, 3.8) is 0 Å². The van der Waals surface area contributed by atoms with Crippen molar-refractivity contribution in [2.24, 2.45) is 0 Å². The maximum atomic E-state index is 12.1. The molecular formula is C16H13BrO4. The number of ketones is 1. The third kappa shape index (κ3) is 3.70. The van der Waals surface area contributed by atoms with E-state index in [0.717, 1.165) is 0 Å². The molecular weight excluding hydrogens is 336 g/mol. The molecule has 0 N–H and O–H groups in total. The normalized spacial score (nSPS) is 10.0. The average Bonchev–Trinajstić information content (AvgIpc) is 2.54. The molecule has 0 aliphatic heterocycles. The van der Waals surface area contributed by atoms with E-state index in [0.29, 0.717) is 16.9 Å². The number of methoxy groups -OCH3 is 1. The van der Waals surface area contributed by atoms with Crippen LogP contribution in [0.4, 0.5) is 0 Å². The molecule has 2 rings (SSSR count). The fourth-order valence-corrected chi connectivity index (χ4v) is 2.05. The van der Waals surface area contributed by atoms with Gasteiger partial charge in [0.15, 0.2) is 5.78 Å². The quantitative estimate of drug-likeness (QED) is 0.359. The van der Waals surface area contributed by atoms with Crippen LogP contribution in [0, 0.1) is 0 Å². The molecule has 0 aliphatic rings. The summed E-state index contributed by atoms with van der Waals surface area (Å²) in [5.41, 5.74) is 0.758. The van der Waals surface area contributed by atoms with Gasteiger partial charge in [-0.05, 0) is 36.4 Å². The van der Waals surface area contributed by atoms with Gasteiger partial charge in [0.05, 0.1) is 23.6 Å². The van der Waals surface area contributed by atoms with Crippen molar-refractivity contribution >= 4 is 27.7 Å². The summed E-state index contributed by atoms with van der Waals surface area (Å²) in [6, 6.07) is 13.2. The van der Waals surface area contributed by atoms with Crippen LogP contribution in [-0.2, 0) is 0 Å². The lowest BCUT2D eigenvalue weighted by Gasteiger charge is -2.08. The Morgan fingerprint density at radius 1 is 1.05 bits per heavy atom. The van der Waals surface area contributed by atoms with Gasteiger partial charge in [-0.3, -0.25) is 4.79 Å². The molecule has 0 heterocycles. The second-order valence-electron chi connectivity index (χ2n) is 4.17. The van der Waals surface area contributed by atoms with Gasteiger partial charge in [-0.15, -0.1) is 0 Å². The van der Waals surface area contributed by atoms with Crippen LogP contribution in [-0.4, -0.2) is 24.2 Å². The second kappa shape index (κ2) is 7.04. The molecule has 0 radical (unpaired) electrons. The van der Waals surface area contributed by atoms with Gasteiger partial charge in [0.2, 0.25) is 0 Å². The van der Waals surface area contributed by atoms with Gasteiger partial charge < -0.3 is 9.47 Å². The fraction of sp³-hybridized carbons (Fsp3) is 0.125. The summed E-state index contributed by atoms with van der Waals surface area (Å²) in [6.45, 7) is 0. The van der Waals surface area contributed by atoms with Crippen molar-refractivity contribution in [1.82, 2.24) is 0 Å². The molecule has 0 saturated heterocycles. The van der Waals surface area contributed by atoms with Gasteiger partial charge in [-0.25, -0.2) is 4.79 Å². The first-order valence-electron chi connectivity index (χ1n) is 6.20. The van der Waals surface area contributed by atoms with E-state index in [1.807, 2.05) is 0 Å². The van der Waals surface area contributed by atoms with E-state index in [2.05, 4.69) is 15.9 Å². The maximum absolute atomic E-state index is 12.1. The van der Waals surface area contributed by atoms with Crippen molar-refractivity contribution in [2.45, 2.75) is 0 Å². The Balaban J connectivity index is 2.21. The molecule has 108 valence electrons. The molecule has 0 aliphatic carbocycles. The van der Waals surface area contributed by atoms with Gasteiger partial charge in [0.1, 0.15) is 11.5 Å². The molecule has 5 heteroatoms. The summed E-state index contributed by atoms with van der Waals surface area (Å²) in [4.78, 5) is 23.9. The molecule has 0 fully saturated rings. The number of para-hydroxylation sites is 1. The minimum absolute atomic E-state index is 0.145. The minimum Gasteiger partial charge on any atom is -0.497 e. The van der Waals surface area contributed by atoms with Gasteiger partial charge >= 0.3 is 5.97 Å². The van der Waals surface area contributed by atoms with E-state index in [9.17, 15) is 9.59 Å². The molecule has 4 nitrogen and oxygen atoms in total. The molecule has 0 amide bonds. The van der Waals surface area contributed by atoms with Gasteiger partial charge in [-0.1, -0.05) is 28.1 Å². The summed E-state index contributed by atoms with van der Waals surface area (Å²) in [5, 5.41) is 0.171. The first kappa shape index (κ1) is 15.3. The van der Waals surface area contributed by atoms with Crippen molar-refractivity contribution in [3.05, 3.63) is 59.7 Å². The van der Waals surface area contributed by atoms with Crippen LogP contribution in [0.1, 0.15) is 20.7 Å². The zero-order valence-corrected chi connectivity index (χ0v) is 12.9. The molecule has 0 saturated carbocycles. The molecule has 2 aromatic rings. The summed E-state index contributed by atoms with van der Waals surface area (Å²) < 4.78 is 10.3. The Hall–Kier alpha value is -2.14. The van der Waals surface area contributed by atoms with E-state index < -0.39 is 5.97 Å². The molecule has 0 bridgehead atoms. The predicted octanol–water partition coefficient (Wildman–Crippen LogP) is 3.49. The van der Waals surface area contributed by atoms with Crippen LogP contribution in [0.3, 0.4) is 0 Å². The zero-order valence-electron chi connectivity index (χ0n) is 11.3. The molecule has 0 spiro atoms. The molecule has 0 unspecified atom stereocenters. The highest BCUT2D eigenvalue weighted by molar-refractivity contribution is 9.09. The number of hydrogen-bond donors (Lipinski definition) is 0. The minimum atomic E-state index is -0.521. The SMILES string of the molecule is COc1ccc(C(=O)Oc2ccccc2C(=O)CBr)cc1. The number of benzene rings is 2. The zero-order chi connectivity index (χ0) is 15.2. The number of halogens is 1. The number of hydrogen-bond acceptors (Lipinski definition) is 4. The number of rotatable bonds is 5. The predicted molar refractivity (Wildman–Crippen MR) is 82.5 cm³/mol. The highest BCUT2D eigenvalue weighted by atomic mass is 79.9. The number of esters is 1. The molecule has 0 aromatic heterocycles. The lowest BCUT2D eigenvalue weighted by molar-refractivity contribution is 0.0733. The van der Waals surface area contributed by atoms with E-state index in [1.165, 1.54) is 0 Å². The Morgan fingerprint density at radius 3 is 2.33 bits per heavy atom. The third-order valence-electron chi connectivity index (χ3n) is 2.84. The van der Waals surface area contributed by atoms with E-state index in [1.54, 1.807) is 55.6 Å². The van der Waals surface area contributed by atoms with Crippen LogP contribution in [0.25, 0.3) is 0 Å². The number of carbonyl (C=O) groups excluding carboxylic acids is 2. The lowest BCUT2D eigenvalue weighted by Crippen LogP contribution is -2.12. The monoisotopic (exact) mass is 348 g/mol. The summed E-state index contributed by atoms with van der Waals surface area (Å²) >= 11 is 3.11. The summed E-state index contributed by atoms with van der Waals surface area (Å²) in [6.07, 6.45) is 0. The molecule has 0 atom stereocenters. The fourth-order valence-electron chi connectivity index (χ4n) is 1.74. The Bertz CT molecular complexity index is 650. The molecule has 21 heavy (non-hydrogen) atoms. The largest absolute Gasteiger partial charge is 0.497 e. The van der Waals surface area contributed by atoms with Crippen molar-refractivity contribution < 1.29 is 19.1 Å². The van der Waals surface area contributed by atoms with Crippen LogP contribution < -0.4 is 9.47 Å². The van der Waals surface area contributed by atoms with Gasteiger partial charge in [0.25, 0.3) is 0 Å². The van der Waals surface area contributed by atoms with Gasteiger partial charge in [0, 0.05) is 0 Å². The van der Waals surface area contributed by atoms with Gasteiger partial charge in [-0.2, -0.15) is 0 Å². The topological polar surface area (TPSA) is 52.6 Å². The van der Waals surface area contributed by atoms with Crippen LogP contribution in [0.5, 0.6) is 11.5 Å². The lowest BCUT2D eigenvalue weighted by atomic mass is 10.1. The maximum Gasteiger partial charge on any atom is 0.343 e. The highest BCUT2D eigenvalue weighted by Crippen LogP contribution is 2.21. The highest BCUT2D eigenvalue weighted by Gasteiger charge is 2.15. The second-order valence-corrected chi connectivity index (χ2v) is 4.73. The van der Waals surface area contributed by atoms with Crippen LogP contribution in [0.15, 0.2) is 48.5 Å². The number of carbonyl (C=O) groups is 2. The molecule has 2 aromatic carbocycles. The number of ether oxygens (including phenoxy) is 2. The third-order valence-corrected chi connectivity index (χ3v) is 3.35. The number of alkyl halides is 1. The van der Waals surface area contributed by atoms with E-state index >= 15 is 0 Å². The number of Topliss-reactive ketones (excluding diaryl/α,β-unsaturated/α-hetero) is 1. The van der Waals surface area contributed by atoms with Crippen molar-refractivity contribution in [2.75, 3.05) is 12.4 Å². The van der Waals surface area contributed by atoms with Crippen LogP contribution in [0.2, 0.25) is 0 Å². The Morgan fingerprint density at radius 2 is 1.71 bits per heavy atom. The summed E-state index contributed by atoms with van der Waals surface area (Å²) in [7, 11) is 1.55. The first-order valence-corrected chi connectivity index (χ1v) is 7.32. The summed E-state index contributed by atoms with van der Waals surface area (Å²) in [5.74, 6) is 0.241. The Labute approximate surface area is 130 Å². The first-order chi connectivity index (χ1) is 10.2. The Kier molecular flexibility index (Phi) is 5.11. The van der Waals surface area contributed by atoms with E-state index in [4.69, 9.17) is 9.47 Å².